The van der Waals surface area contributed by atoms with Crippen molar-refractivity contribution in [3.05, 3.63) is 169 Å². The zero-order valence-electron chi connectivity index (χ0n) is 33.9. The van der Waals surface area contributed by atoms with Crippen LogP contribution in [-0.2, 0) is 0 Å². The molecule has 0 saturated heterocycles. The lowest BCUT2D eigenvalue weighted by molar-refractivity contribution is 0.443. The molecule has 2 aliphatic carbocycles. The Morgan fingerprint density at radius 3 is 0.850 bits per heavy atom. The smallest absolute Gasteiger partial charge is 0.164 e. The summed E-state index contributed by atoms with van der Waals surface area (Å²) in [6.45, 7) is 0. The topological polar surface area (TPSA) is 77.3 Å². The second kappa shape index (κ2) is 17.3. The highest BCUT2D eigenvalue weighted by Gasteiger charge is 2.25. The lowest BCUT2D eigenvalue weighted by atomic mass is 9.80. The number of aromatic nitrogens is 6. The molecule has 0 unspecified atom stereocenters. The molecule has 2 aliphatic rings. The van der Waals surface area contributed by atoms with Crippen LogP contribution in [0.2, 0.25) is 0 Å². The van der Waals surface area contributed by atoms with E-state index in [1.54, 1.807) is 0 Å². The first-order valence-corrected chi connectivity index (χ1v) is 21.8. The highest BCUT2D eigenvalue weighted by molar-refractivity contribution is 5.90. The monoisotopic (exact) mass is 780 g/mol. The van der Waals surface area contributed by atoms with E-state index in [1.807, 2.05) is 72.8 Å². The van der Waals surface area contributed by atoms with Crippen LogP contribution in [0.15, 0.2) is 158 Å². The molecule has 2 fully saturated rings. The van der Waals surface area contributed by atoms with Crippen molar-refractivity contribution in [2.75, 3.05) is 0 Å². The molecule has 0 bridgehead atoms. The molecule has 2 saturated carbocycles. The van der Waals surface area contributed by atoms with Gasteiger partial charge in [-0.25, -0.2) is 29.9 Å². The van der Waals surface area contributed by atoms with E-state index in [9.17, 15) is 0 Å². The maximum atomic E-state index is 5.29. The number of hydrogen-bond acceptors (Lipinski definition) is 6. The predicted octanol–water partition coefficient (Wildman–Crippen LogP) is 13.8. The van der Waals surface area contributed by atoms with Crippen LogP contribution in [0.4, 0.5) is 0 Å². The summed E-state index contributed by atoms with van der Waals surface area (Å²) < 4.78 is 0. The molecule has 60 heavy (non-hydrogen) atoms. The van der Waals surface area contributed by atoms with Crippen LogP contribution in [0.1, 0.15) is 87.2 Å². The Balaban J connectivity index is 1.24. The van der Waals surface area contributed by atoms with Crippen molar-refractivity contribution in [3.8, 4) is 79.5 Å². The van der Waals surface area contributed by atoms with E-state index < -0.39 is 0 Å². The van der Waals surface area contributed by atoms with E-state index in [4.69, 9.17) is 29.9 Å². The minimum atomic E-state index is 0.501. The van der Waals surface area contributed by atoms with Crippen LogP contribution < -0.4 is 0 Å². The van der Waals surface area contributed by atoms with E-state index in [2.05, 4.69) is 84.9 Å². The number of nitrogens with zero attached hydrogens (tertiary/aromatic N) is 6. The van der Waals surface area contributed by atoms with Gasteiger partial charge in [0.15, 0.2) is 34.9 Å². The predicted molar refractivity (Wildman–Crippen MR) is 243 cm³/mol. The van der Waals surface area contributed by atoms with Gasteiger partial charge in [-0.3, -0.25) is 0 Å². The van der Waals surface area contributed by atoms with Crippen molar-refractivity contribution in [3.63, 3.8) is 0 Å². The fourth-order valence-electron chi connectivity index (χ4n) is 9.20. The van der Waals surface area contributed by atoms with E-state index in [1.165, 1.54) is 75.3 Å². The average molecular weight is 781 g/mol. The Kier molecular flexibility index (Phi) is 10.8. The minimum absolute atomic E-state index is 0.501. The first kappa shape index (κ1) is 37.6. The lowest BCUT2D eigenvalue weighted by Gasteiger charge is -2.25. The zero-order valence-corrected chi connectivity index (χ0v) is 33.9. The Morgan fingerprint density at radius 2 is 0.550 bits per heavy atom. The van der Waals surface area contributed by atoms with E-state index >= 15 is 0 Å². The third-order valence-electron chi connectivity index (χ3n) is 12.4. The molecule has 2 heterocycles. The summed E-state index contributed by atoms with van der Waals surface area (Å²) in [5.74, 6) is 4.89. The summed E-state index contributed by atoms with van der Waals surface area (Å²) in [6, 6.07) is 55.1. The summed E-state index contributed by atoms with van der Waals surface area (Å²) in [5.41, 5.74) is 10.7. The molecule has 0 N–H and O–H groups in total. The average Bonchev–Trinajstić information content (AvgIpc) is 3.35. The minimum Gasteiger partial charge on any atom is -0.208 e. The van der Waals surface area contributed by atoms with Gasteiger partial charge in [-0.15, -0.1) is 0 Å². The molecule has 0 spiro atoms. The second-order valence-corrected chi connectivity index (χ2v) is 16.4. The van der Waals surface area contributed by atoms with Gasteiger partial charge in [0.2, 0.25) is 0 Å². The standard InChI is InChI=1S/C54H48N6/c1-7-19-37(20-8-1)43-31-33-45(53-57-49(39-23-11-3-12-24-39)55-50(58-53)40-25-13-4-14-26-40)47(35-43)48-36-44(38-21-9-2-10-22-38)32-34-46(48)54-59-51(41-27-15-5-16-28-41)56-52(60-54)42-29-17-6-18-30-42/h3-6,11-18,23-38H,1-2,7-10,19-22H2. The van der Waals surface area contributed by atoms with Crippen LogP contribution in [0, 0.1) is 0 Å². The quantitative estimate of drug-likeness (QED) is 0.145. The molecule has 6 aromatic carbocycles. The van der Waals surface area contributed by atoms with Crippen molar-refractivity contribution >= 4 is 0 Å². The van der Waals surface area contributed by atoms with Gasteiger partial charge >= 0.3 is 0 Å². The molecule has 2 aromatic heterocycles. The Bertz CT molecular complexity index is 2400. The molecule has 6 nitrogen and oxygen atoms in total. The lowest BCUT2D eigenvalue weighted by Crippen LogP contribution is -2.08. The van der Waals surface area contributed by atoms with Gasteiger partial charge < -0.3 is 0 Å². The molecule has 0 radical (unpaired) electrons. The van der Waals surface area contributed by atoms with Crippen LogP contribution >= 0.6 is 0 Å². The first-order valence-electron chi connectivity index (χ1n) is 21.8. The third-order valence-corrected chi connectivity index (χ3v) is 12.4. The molecule has 8 aromatic rings. The van der Waals surface area contributed by atoms with Crippen LogP contribution in [0.5, 0.6) is 0 Å². The summed E-state index contributed by atoms with van der Waals surface area (Å²) in [5, 5.41) is 0. The summed E-state index contributed by atoms with van der Waals surface area (Å²) >= 11 is 0. The molecule has 0 atom stereocenters. The number of rotatable bonds is 9. The maximum Gasteiger partial charge on any atom is 0.164 e. The van der Waals surface area contributed by atoms with Gasteiger partial charge in [0.25, 0.3) is 0 Å². The largest absolute Gasteiger partial charge is 0.208 e. The SMILES string of the molecule is c1ccc(-c2nc(-c3ccccc3)nc(-c3ccc(C4CCCCC4)cc3-c3cc(C4CCCCC4)ccc3-c3nc(-c4ccccc4)nc(-c4ccccc4)n3)n2)cc1. The molecule has 10 rings (SSSR count). The van der Waals surface area contributed by atoms with Crippen LogP contribution in [0.25, 0.3) is 79.5 Å². The van der Waals surface area contributed by atoms with Gasteiger partial charge in [-0.2, -0.15) is 0 Å². The van der Waals surface area contributed by atoms with E-state index in [0.717, 1.165) is 44.5 Å². The van der Waals surface area contributed by atoms with Gasteiger partial charge in [0, 0.05) is 33.4 Å². The third kappa shape index (κ3) is 8.02. The summed E-state index contributed by atoms with van der Waals surface area (Å²) in [7, 11) is 0. The molecular weight excluding hydrogens is 733 g/mol. The summed E-state index contributed by atoms with van der Waals surface area (Å²) in [4.78, 5) is 31.3. The molecule has 0 amide bonds. The van der Waals surface area contributed by atoms with Crippen molar-refractivity contribution in [1.29, 1.82) is 0 Å². The Hall–Kier alpha value is -6.66. The molecular formula is C54H48N6. The van der Waals surface area contributed by atoms with Gasteiger partial charge in [0.1, 0.15) is 0 Å². The van der Waals surface area contributed by atoms with E-state index in [0.29, 0.717) is 46.8 Å². The normalized spacial score (nSPS) is 14.9. The highest BCUT2D eigenvalue weighted by Crippen LogP contribution is 2.44. The van der Waals surface area contributed by atoms with Gasteiger partial charge in [-0.05, 0) is 59.8 Å². The van der Waals surface area contributed by atoms with Crippen molar-refractivity contribution < 1.29 is 0 Å². The summed E-state index contributed by atoms with van der Waals surface area (Å²) in [6.07, 6.45) is 12.4. The van der Waals surface area contributed by atoms with Crippen molar-refractivity contribution in [2.45, 2.75) is 76.0 Å². The first-order chi connectivity index (χ1) is 29.7. The van der Waals surface area contributed by atoms with Crippen molar-refractivity contribution in [1.82, 2.24) is 29.9 Å². The molecule has 6 heteroatoms. The molecule has 294 valence electrons. The number of hydrogen-bond donors (Lipinski definition) is 0. The highest BCUT2D eigenvalue weighted by atomic mass is 15.0. The maximum absolute atomic E-state index is 5.29. The van der Waals surface area contributed by atoms with Crippen LogP contribution in [0.3, 0.4) is 0 Å². The van der Waals surface area contributed by atoms with E-state index in [-0.39, 0.29) is 0 Å². The van der Waals surface area contributed by atoms with Gasteiger partial charge in [-0.1, -0.05) is 196 Å². The van der Waals surface area contributed by atoms with Crippen molar-refractivity contribution in [2.24, 2.45) is 0 Å². The van der Waals surface area contributed by atoms with Crippen LogP contribution in [-0.4, -0.2) is 29.9 Å². The number of benzene rings is 6. The fraction of sp³-hybridized carbons (Fsp3) is 0.222. The second-order valence-electron chi connectivity index (χ2n) is 16.4. The Morgan fingerprint density at radius 1 is 0.267 bits per heavy atom. The molecule has 0 aliphatic heterocycles. The van der Waals surface area contributed by atoms with Gasteiger partial charge in [0.05, 0.1) is 0 Å². The Labute approximate surface area is 353 Å². The fourth-order valence-corrected chi connectivity index (χ4v) is 9.20. The zero-order chi connectivity index (χ0) is 40.1.